The van der Waals surface area contributed by atoms with Crippen molar-refractivity contribution in [2.45, 2.75) is 44.0 Å². The van der Waals surface area contributed by atoms with Crippen LogP contribution in [0.1, 0.15) is 31.4 Å². The van der Waals surface area contributed by atoms with E-state index in [2.05, 4.69) is 15.3 Å². The molecule has 0 amide bonds. The summed E-state index contributed by atoms with van der Waals surface area (Å²) < 4.78 is 44.7. The van der Waals surface area contributed by atoms with Crippen LogP contribution in [0.25, 0.3) is 0 Å². The fraction of sp³-hybridized carbons (Fsp3) is 0.474. The van der Waals surface area contributed by atoms with Crippen LogP contribution in [-0.4, -0.2) is 35.2 Å². The summed E-state index contributed by atoms with van der Waals surface area (Å²) in [5, 5.41) is 3.32. The van der Waals surface area contributed by atoms with Gasteiger partial charge in [0.15, 0.2) is 0 Å². The molecule has 0 bridgehead atoms. The van der Waals surface area contributed by atoms with Crippen LogP contribution in [0.2, 0.25) is 0 Å². The zero-order chi connectivity index (χ0) is 18.9. The lowest BCUT2D eigenvalue weighted by Gasteiger charge is -2.36. The van der Waals surface area contributed by atoms with E-state index in [1.165, 1.54) is 12.3 Å². The zero-order valence-electron chi connectivity index (χ0n) is 14.7. The number of alkyl halides is 3. The van der Waals surface area contributed by atoms with Gasteiger partial charge in [0.1, 0.15) is 17.1 Å². The third-order valence-corrected chi connectivity index (χ3v) is 4.83. The Hall–Kier alpha value is -2.35. The van der Waals surface area contributed by atoms with E-state index < -0.39 is 11.9 Å². The smallest absolute Gasteiger partial charge is 0.433 e. The lowest BCUT2D eigenvalue weighted by Crippen LogP contribution is -2.41. The molecule has 2 aromatic heterocycles. The second-order valence-corrected chi connectivity index (χ2v) is 6.91. The minimum absolute atomic E-state index is 0.135. The van der Waals surface area contributed by atoms with Gasteiger partial charge in [-0.15, -0.1) is 0 Å². The molecule has 0 unspecified atom stereocenters. The largest absolute Gasteiger partial charge is 0.488 e. The Bertz CT molecular complexity index is 771. The SMILES string of the molecule is FC(F)(F)c1ccc(N(c2cnccc2OC2CC2)C2CCNCC2)cn1. The first-order valence-electron chi connectivity index (χ1n) is 9.16. The molecule has 0 radical (unpaired) electrons. The van der Waals surface area contributed by atoms with Crippen LogP contribution in [0.5, 0.6) is 5.75 Å². The molecule has 8 heteroatoms. The summed E-state index contributed by atoms with van der Waals surface area (Å²) >= 11 is 0. The van der Waals surface area contributed by atoms with Gasteiger partial charge in [-0.05, 0) is 50.9 Å². The van der Waals surface area contributed by atoms with Gasteiger partial charge in [0, 0.05) is 18.3 Å². The lowest BCUT2D eigenvalue weighted by atomic mass is 10.0. The molecule has 5 nitrogen and oxygen atoms in total. The summed E-state index contributed by atoms with van der Waals surface area (Å²) in [6.07, 6.45) is 4.24. The third kappa shape index (κ3) is 4.16. The van der Waals surface area contributed by atoms with Gasteiger partial charge in [0.25, 0.3) is 0 Å². The molecule has 4 rings (SSSR count). The van der Waals surface area contributed by atoms with Crippen molar-refractivity contribution < 1.29 is 17.9 Å². The summed E-state index contributed by atoms with van der Waals surface area (Å²) in [6, 6.07) is 4.46. The highest BCUT2D eigenvalue weighted by Gasteiger charge is 2.33. The molecular weight excluding hydrogens is 357 g/mol. The molecule has 1 saturated carbocycles. The molecule has 1 aliphatic carbocycles. The highest BCUT2D eigenvalue weighted by atomic mass is 19.4. The second-order valence-electron chi connectivity index (χ2n) is 6.91. The van der Waals surface area contributed by atoms with E-state index >= 15 is 0 Å². The normalized spacial score (nSPS) is 18.3. The van der Waals surface area contributed by atoms with Gasteiger partial charge >= 0.3 is 6.18 Å². The topological polar surface area (TPSA) is 50.3 Å². The number of aromatic nitrogens is 2. The highest BCUT2D eigenvalue weighted by Crippen LogP contribution is 2.40. The van der Waals surface area contributed by atoms with Crippen LogP contribution in [0.3, 0.4) is 0 Å². The summed E-state index contributed by atoms with van der Waals surface area (Å²) in [5.74, 6) is 0.714. The van der Waals surface area contributed by atoms with Crippen LogP contribution in [0, 0.1) is 0 Å². The lowest BCUT2D eigenvalue weighted by molar-refractivity contribution is -0.141. The quantitative estimate of drug-likeness (QED) is 0.855. The molecule has 2 aliphatic rings. The summed E-state index contributed by atoms with van der Waals surface area (Å²) in [6.45, 7) is 1.71. The van der Waals surface area contributed by atoms with Crippen molar-refractivity contribution in [1.29, 1.82) is 0 Å². The Kier molecular flexibility index (Phi) is 4.90. The van der Waals surface area contributed by atoms with Gasteiger partial charge in [-0.3, -0.25) is 4.98 Å². The predicted molar refractivity (Wildman–Crippen MR) is 95.2 cm³/mol. The number of ether oxygens (including phenoxy) is 1. The van der Waals surface area contributed by atoms with Gasteiger partial charge in [0.2, 0.25) is 0 Å². The van der Waals surface area contributed by atoms with Crippen molar-refractivity contribution in [2.75, 3.05) is 18.0 Å². The molecule has 1 aliphatic heterocycles. The number of hydrogen-bond acceptors (Lipinski definition) is 5. The monoisotopic (exact) mass is 378 g/mol. The first-order valence-corrected chi connectivity index (χ1v) is 9.16. The maximum atomic E-state index is 12.9. The Labute approximate surface area is 155 Å². The molecular formula is C19H21F3N4O. The van der Waals surface area contributed by atoms with Crippen LogP contribution in [0.4, 0.5) is 24.5 Å². The average molecular weight is 378 g/mol. The maximum Gasteiger partial charge on any atom is 0.433 e. The van der Waals surface area contributed by atoms with Crippen LogP contribution < -0.4 is 15.0 Å². The molecule has 1 saturated heterocycles. The van der Waals surface area contributed by atoms with Gasteiger partial charge in [-0.1, -0.05) is 0 Å². The van der Waals surface area contributed by atoms with E-state index in [0.29, 0.717) is 11.4 Å². The molecule has 0 spiro atoms. The van der Waals surface area contributed by atoms with E-state index in [1.54, 1.807) is 12.4 Å². The van der Waals surface area contributed by atoms with E-state index in [0.717, 1.165) is 50.5 Å². The number of piperidine rings is 1. The highest BCUT2D eigenvalue weighted by molar-refractivity contribution is 5.69. The molecule has 3 heterocycles. The van der Waals surface area contributed by atoms with Gasteiger partial charge in [-0.25, -0.2) is 4.98 Å². The molecule has 0 atom stereocenters. The standard InChI is InChI=1S/C19H21F3N4O/c20-19(21,22)18-4-1-14(11-25-18)26(13-5-8-23-9-6-13)16-12-24-10-7-17(16)27-15-2-3-15/h1,4,7,10-13,15,23H,2-3,5-6,8-9H2. The van der Waals surface area contributed by atoms with Crippen molar-refractivity contribution in [1.82, 2.24) is 15.3 Å². The van der Waals surface area contributed by atoms with Crippen LogP contribution in [0.15, 0.2) is 36.8 Å². The maximum absolute atomic E-state index is 12.9. The molecule has 2 fully saturated rings. The van der Waals surface area contributed by atoms with Crippen molar-refractivity contribution in [3.63, 3.8) is 0 Å². The minimum Gasteiger partial charge on any atom is -0.488 e. The molecule has 144 valence electrons. The molecule has 27 heavy (non-hydrogen) atoms. The summed E-state index contributed by atoms with van der Waals surface area (Å²) in [7, 11) is 0. The Morgan fingerprint density at radius 1 is 1.04 bits per heavy atom. The van der Waals surface area contributed by atoms with E-state index in [4.69, 9.17) is 4.74 Å². The first-order chi connectivity index (χ1) is 13.0. The minimum atomic E-state index is -4.45. The summed E-state index contributed by atoms with van der Waals surface area (Å²) in [4.78, 5) is 9.91. The van der Waals surface area contributed by atoms with E-state index in [-0.39, 0.29) is 12.1 Å². The number of nitrogens with zero attached hydrogens (tertiary/aromatic N) is 3. The van der Waals surface area contributed by atoms with Crippen molar-refractivity contribution in [2.24, 2.45) is 0 Å². The van der Waals surface area contributed by atoms with Crippen LogP contribution >= 0.6 is 0 Å². The second kappa shape index (κ2) is 7.34. The zero-order valence-corrected chi connectivity index (χ0v) is 14.7. The Morgan fingerprint density at radius 2 is 1.81 bits per heavy atom. The number of halogens is 3. The number of rotatable bonds is 5. The summed E-state index contributed by atoms with van der Waals surface area (Å²) in [5.41, 5.74) is 0.499. The predicted octanol–water partition coefficient (Wildman–Crippen LogP) is 3.93. The third-order valence-electron chi connectivity index (χ3n) is 4.83. The van der Waals surface area contributed by atoms with Gasteiger partial charge in [0.05, 0.1) is 24.2 Å². The Morgan fingerprint density at radius 3 is 2.44 bits per heavy atom. The van der Waals surface area contributed by atoms with Crippen molar-refractivity contribution in [3.05, 3.63) is 42.5 Å². The van der Waals surface area contributed by atoms with Crippen LogP contribution in [-0.2, 0) is 6.18 Å². The Balaban J connectivity index is 1.71. The van der Waals surface area contributed by atoms with E-state index in [1.807, 2.05) is 11.0 Å². The van der Waals surface area contributed by atoms with Crippen molar-refractivity contribution in [3.8, 4) is 5.75 Å². The van der Waals surface area contributed by atoms with Gasteiger partial charge < -0.3 is 15.0 Å². The first kappa shape index (κ1) is 18.0. The molecule has 2 aromatic rings. The fourth-order valence-electron chi connectivity index (χ4n) is 3.33. The number of pyridine rings is 2. The van der Waals surface area contributed by atoms with Crippen molar-refractivity contribution >= 4 is 11.4 Å². The fourth-order valence-corrected chi connectivity index (χ4v) is 3.33. The number of anilines is 2. The number of hydrogen-bond donors (Lipinski definition) is 1. The molecule has 0 aromatic carbocycles. The van der Waals surface area contributed by atoms with E-state index in [9.17, 15) is 13.2 Å². The van der Waals surface area contributed by atoms with Gasteiger partial charge in [-0.2, -0.15) is 13.2 Å². The number of nitrogens with one attached hydrogen (secondary N) is 1. The average Bonchev–Trinajstić information content (AvgIpc) is 3.48. The molecule has 1 N–H and O–H groups in total.